The van der Waals surface area contributed by atoms with E-state index in [-0.39, 0.29) is 12.1 Å². The van der Waals surface area contributed by atoms with Gasteiger partial charge in [-0.25, -0.2) is 4.98 Å². The molecule has 1 aromatic heterocycles. The number of imidazole rings is 1. The molecule has 0 aliphatic carbocycles. The molecule has 0 saturated carbocycles. The zero-order valence-electron chi connectivity index (χ0n) is 16.8. The van der Waals surface area contributed by atoms with E-state index in [9.17, 15) is 4.79 Å². The molecule has 30 heavy (non-hydrogen) atoms. The summed E-state index contributed by atoms with van der Waals surface area (Å²) in [5.74, 6) is 0.735. The molecule has 2 heterocycles. The Bertz CT molecular complexity index is 1230. The Hall–Kier alpha value is -3.86. The van der Waals surface area contributed by atoms with Crippen LogP contribution in [0.4, 0.5) is 5.69 Å². The number of anilines is 1. The first-order valence-electron chi connectivity index (χ1n) is 9.83. The van der Waals surface area contributed by atoms with E-state index in [1.807, 2.05) is 90.8 Å². The fourth-order valence-corrected chi connectivity index (χ4v) is 4.11. The predicted octanol–water partition coefficient (Wildman–Crippen LogP) is 5.07. The highest BCUT2D eigenvalue weighted by molar-refractivity contribution is 6.10. The monoisotopic (exact) mass is 395 g/mol. The minimum Gasteiger partial charge on any atom is -0.497 e. The molecule has 1 aliphatic rings. The van der Waals surface area contributed by atoms with Crippen molar-refractivity contribution in [3.8, 4) is 17.0 Å². The lowest BCUT2D eigenvalue weighted by Crippen LogP contribution is -2.41. The van der Waals surface area contributed by atoms with E-state index in [0.29, 0.717) is 5.56 Å². The van der Waals surface area contributed by atoms with Crippen molar-refractivity contribution in [2.24, 2.45) is 0 Å². The first-order valence-corrected chi connectivity index (χ1v) is 9.83. The highest BCUT2D eigenvalue weighted by Gasteiger charge is 2.36. The van der Waals surface area contributed by atoms with E-state index in [1.165, 1.54) is 0 Å². The standard InChI is InChI=1S/C25H21N3O2/c1-17-7-3-4-8-20(17)25(29)28-22-10-6-5-9-21(22)23-15-26-16-27(23)24(28)18-11-13-19(30-2)14-12-18/h3-16,24H,1-2H3. The molecule has 1 amide bonds. The quantitative estimate of drug-likeness (QED) is 0.486. The summed E-state index contributed by atoms with van der Waals surface area (Å²) in [7, 11) is 1.65. The number of hydrogen-bond donors (Lipinski definition) is 0. The highest BCUT2D eigenvalue weighted by atomic mass is 16.5. The minimum atomic E-state index is -0.351. The summed E-state index contributed by atoms with van der Waals surface area (Å²) < 4.78 is 7.38. The highest BCUT2D eigenvalue weighted by Crippen LogP contribution is 2.43. The van der Waals surface area contributed by atoms with E-state index in [2.05, 4.69) is 9.55 Å². The Kier molecular flexibility index (Phi) is 4.36. The van der Waals surface area contributed by atoms with Crippen molar-refractivity contribution >= 4 is 11.6 Å². The number of ether oxygens (including phenoxy) is 1. The number of nitrogens with zero attached hydrogens (tertiary/aromatic N) is 3. The molecule has 0 spiro atoms. The first-order chi connectivity index (χ1) is 14.7. The summed E-state index contributed by atoms with van der Waals surface area (Å²) in [4.78, 5) is 20.2. The van der Waals surface area contributed by atoms with Crippen LogP contribution in [0.1, 0.15) is 27.7 Å². The zero-order chi connectivity index (χ0) is 20.7. The van der Waals surface area contributed by atoms with E-state index in [1.54, 1.807) is 13.4 Å². The van der Waals surface area contributed by atoms with Gasteiger partial charge < -0.3 is 9.30 Å². The van der Waals surface area contributed by atoms with Gasteiger partial charge in [-0.15, -0.1) is 0 Å². The van der Waals surface area contributed by atoms with Crippen molar-refractivity contribution in [3.05, 3.63) is 102 Å². The zero-order valence-corrected chi connectivity index (χ0v) is 16.8. The largest absolute Gasteiger partial charge is 0.497 e. The molecule has 1 aliphatic heterocycles. The summed E-state index contributed by atoms with van der Waals surface area (Å²) in [5.41, 5.74) is 5.47. The van der Waals surface area contributed by atoms with Gasteiger partial charge >= 0.3 is 0 Å². The normalized spacial score (nSPS) is 14.7. The van der Waals surface area contributed by atoms with Crippen LogP contribution < -0.4 is 9.64 Å². The van der Waals surface area contributed by atoms with Crippen LogP contribution in [-0.4, -0.2) is 22.6 Å². The lowest BCUT2D eigenvalue weighted by molar-refractivity contribution is 0.0971. The van der Waals surface area contributed by atoms with Crippen LogP contribution in [0, 0.1) is 6.92 Å². The maximum Gasteiger partial charge on any atom is 0.260 e. The summed E-state index contributed by atoms with van der Waals surface area (Å²) in [5, 5.41) is 0. The number of carbonyl (C=O) groups excluding carboxylic acids is 1. The van der Waals surface area contributed by atoms with Crippen molar-refractivity contribution in [3.63, 3.8) is 0 Å². The van der Waals surface area contributed by atoms with Crippen LogP contribution in [0.2, 0.25) is 0 Å². The van der Waals surface area contributed by atoms with Crippen molar-refractivity contribution in [1.82, 2.24) is 9.55 Å². The Morgan fingerprint density at radius 1 is 0.967 bits per heavy atom. The molecule has 5 heteroatoms. The molecule has 5 nitrogen and oxygen atoms in total. The average molecular weight is 395 g/mol. The predicted molar refractivity (Wildman–Crippen MR) is 117 cm³/mol. The number of hydrogen-bond acceptors (Lipinski definition) is 3. The maximum atomic E-state index is 13.9. The second kappa shape index (κ2) is 7.19. The second-order valence-electron chi connectivity index (χ2n) is 7.34. The van der Waals surface area contributed by atoms with Crippen LogP contribution in [0.5, 0.6) is 5.75 Å². The van der Waals surface area contributed by atoms with E-state index in [0.717, 1.165) is 33.8 Å². The van der Waals surface area contributed by atoms with Gasteiger partial charge in [-0.3, -0.25) is 9.69 Å². The minimum absolute atomic E-state index is 0.0410. The van der Waals surface area contributed by atoms with Crippen LogP contribution in [0.25, 0.3) is 11.3 Å². The van der Waals surface area contributed by atoms with Gasteiger partial charge in [0.05, 0.1) is 31.0 Å². The molecule has 0 bridgehead atoms. The molecule has 0 N–H and O–H groups in total. The fourth-order valence-electron chi connectivity index (χ4n) is 4.11. The van der Waals surface area contributed by atoms with Crippen LogP contribution in [0.15, 0.2) is 85.3 Å². The molecular weight excluding hydrogens is 374 g/mol. The molecule has 0 radical (unpaired) electrons. The number of methoxy groups -OCH3 is 1. The Morgan fingerprint density at radius 3 is 2.47 bits per heavy atom. The number of benzene rings is 3. The maximum absolute atomic E-state index is 13.9. The number of aryl methyl sites for hydroxylation is 1. The number of rotatable bonds is 3. The lowest BCUT2D eigenvalue weighted by atomic mass is 9.99. The Morgan fingerprint density at radius 2 is 1.70 bits per heavy atom. The molecule has 148 valence electrons. The van der Waals surface area contributed by atoms with Gasteiger partial charge in [0.25, 0.3) is 5.91 Å². The van der Waals surface area contributed by atoms with Gasteiger partial charge in [-0.05, 0) is 42.3 Å². The molecule has 5 rings (SSSR count). The summed E-state index contributed by atoms with van der Waals surface area (Å²) >= 11 is 0. The smallest absolute Gasteiger partial charge is 0.260 e. The number of carbonyl (C=O) groups is 1. The van der Waals surface area contributed by atoms with Crippen molar-refractivity contribution in [1.29, 1.82) is 0 Å². The molecule has 1 atom stereocenters. The average Bonchev–Trinajstić information content (AvgIpc) is 3.28. The molecule has 0 fully saturated rings. The molecule has 0 saturated heterocycles. The van der Waals surface area contributed by atoms with Gasteiger partial charge in [-0.1, -0.05) is 48.5 Å². The van der Waals surface area contributed by atoms with Crippen LogP contribution in [-0.2, 0) is 0 Å². The lowest BCUT2D eigenvalue weighted by Gasteiger charge is -2.39. The number of para-hydroxylation sites is 1. The van der Waals surface area contributed by atoms with Gasteiger partial charge in [0.2, 0.25) is 0 Å². The molecular formula is C25H21N3O2. The number of amides is 1. The van der Waals surface area contributed by atoms with Crippen LogP contribution in [0.3, 0.4) is 0 Å². The van der Waals surface area contributed by atoms with E-state index in [4.69, 9.17) is 4.74 Å². The van der Waals surface area contributed by atoms with Gasteiger partial charge in [-0.2, -0.15) is 0 Å². The van der Waals surface area contributed by atoms with E-state index >= 15 is 0 Å². The van der Waals surface area contributed by atoms with Crippen molar-refractivity contribution in [2.45, 2.75) is 13.1 Å². The molecule has 4 aromatic rings. The summed E-state index contributed by atoms with van der Waals surface area (Å²) in [6, 6.07) is 23.5. The summed E-state index contributed by atoms with van der Waals surface area (Å²) in [6.07, 6.45) is 3.29. The third kappa shape index (κ3) is 2.78. The SMILES string of the molecule is COc1ccc(C2N(C(=O)c3ccccc3C)c3ccccc3-c3cncn32)cc1. The third-order valence-corrected chi connectivity index (χ3v) is 5.62. The Labute approximate surface area is 175 Å². The number of aromatic nitrogens is 2. The first kappa shape index (κ1) is 18.2. The topological polar surface area (TPSA) is 47.4 Å². The number of fused-ring (bicyclic) bond motifs is 3. The van der Waals surface area contributed by atoms with Gasteiger partial charge in [0.15, 0.2) is 0 Å². The van der Waals surface area contributed by atoms with Crippen molar-refractivity contribution in [2.75, 3.05) is 12.0 Å². The third-order valence-electron chi connectivity index (χ3n) is 5.62. The molecule has 3 aromatic carbocycles. The van der Waals surface area contributed by atoms with Gasteiger partial charge in [0.1, 0.15) is 11.9 Å². The summed E-state index contributed by atoms with van der Waals surface area (Å²) in [6.45, 7) is 1.97. The molecule has 1 unspecified atom stereocenters. The fraction of sp³-hybridized carbons (Fsp3) is 0.120. The second-order valence-corrected chi connectivity index (χ2v) is 7.34. The van der Waals surface area contributed by atoms with Crippen molar-refractivity contribution < 1.29 is 9.53 Å². The van der Waals surface area contributed by atoms with Gasteiger partial charge in [0, 0.05) is 11.1 Å². The van der Waals surface area contributed by atoms with E-state index < -0.39 is 0 Å². The van der Waals surface area contributed by atoms with Crippen LogP contribution >= 0.6 is 0 Å². The Balaban J connectivity index is 1.74.